The number of carbonyl (C=O) groups excluding carboxylic acids is 1. The highest BCUT2D eigenvalue weighted by molar-refractivity contribution is 14.1. The summed E-state index contributed by atoms with van der Waals surface area (Å²) in [6.45, 7) is 0. The van der Waals surface area contributed by atoms with E-state index in [2.05, 4.69) is 32.6 Å². The highest BCUT2D eigenvalue weighted by Crippen LogP contribution is 2.20. The van der Waals surface area contributed by atoms with Crippen molar-refractivity contribution in [2.24, 2.45) is 0 Å². The molecule has 8 heteroatoms. The molecule has 1 amide bonds. The average molecular weight is 451 g/mol. The van der Waals surface area contributed by atoms with E-state index in [1.54, 1.807) is 42.5 Å². The highest BCUT2D eigenvalue weighted by atomic mass is 127. The molecule has 116 valence electrons. The Balaban J connectivity index is 2.14. The van der Waals surface area contributed by atoms with E-state index in [0.717, 1.165) is 9.83 Å². The number of nitrogens with one attached hydrogen (secondary N) is 2. The van der Waals surface area contributed by atoms with E-state index in [9.17, 15) is 13.2 Å². The number of benzene rings is 2. The van der Waals surface area contributed by atoms with Gasteiger partial charge in [0, 0.05) is 20.0 Å². The van der Waals surface area contributed by atoms with Crippen LogP contribution in [0.1, 0.15) is 10.4 Å². The molecule has 2 aromatic rings. The van der Waals surface area contributed by atoms with Crippen LogP contribution >= 0.6 is 34.2 Å². The van der Waals surface area contributed by atoms with Gasteiger partial charge in [-0.2, -0.15) is 0 Å². The highest BCUT2D eigenvalue weighted by Gasteiger charge is 2.11. The summed E-state index contributed by atoms with van der Waals surface area (Å²) in [7, 11) is -3.32. The van der Waals surface area contributed by atoms with Gasteiger partial charge in [-0.15, -0.1) is 0 Å². The number of carbonyl (C=O) groups is 1. The molecule has 0 spiro atoms. The zero-order chi connectivity index (χ0) is 16.3. The van der Waals surface area contributed by atoms with Gasteiger partial charge >= 0.3 is 0 Å². The quantitative estimate of drug-likeness (QED) is 0.699. The van der Waals surface area contributed by atoms with Crippen molar-refractivity contribution in [3.8, 4) is 0 Å². The Bertz CT molecular complexity index is 807. The minimum atomic E-state index is -3.32. The predicted octanol–water partition coefficient (Wildman–Crippen LogP) is 3.57. The molecule has 0 bridgehead atoms. The van der Waals surface area contributed by atoms with Crippen molar-refractivity contribution in [2.45, 2.75) is 0 Å². The molecule has 0 aliphatic rings. The molecule has 0 saturated heterocycles. The largest absolute Gasteiger partial charge is 0.322 e. The standard InChI is InChI=1S/C14H12ClIN2O3S/c1-22(20,21)18-11-5-3-10(4-6-11)17-14(19)12-8-9(15)2-7-13(12)16/h2-8,18H,1H3,(H,17,19). The van der Waals surface area contributed by atoms with Gasteiger partial charge in [-0.1, -0.05) is 11.6 Å². The summed E-state index contributed by atoms with van der Waals surface area (Å²) in [6.07, 6.45) is 1.07. The topological polar surface area (TPSA) is 75.3 Å². The maximum atomic E-state index is 12.2. The maximum Gasteiger partial charge on any atom is 0.256 e. The number of halogens is 2. The second-order valence-electron chi connectivity index (χ2n) is 4.53. The van der Waals surface area contributed by atoms with E-state index >= 15 is 0 Å². The van der Waals surface area contributed by atoms with Crippen LogP contribution in [0.2, 0.25) is 5.02 Å². The van der Waals surface area contributed by atoms with Crippen LogP contribution in [0.3, 0.4) is 0 Å². The molecule has 0 fully saturated rings. The molecule has 2 rings (SSSR count). The minimum absolute atomic E-state index is 0.282. The summed E-state index contributed by atoms with van der Waals surface area (Å²) in [5.41, 5.74) is 1.46. The Hall–Kier alpha value is -1.32. The lowest BCUT2D eigenvalue weighted by Gasteiger charge is -2.09. The summed E-state index contributed by atoms with van der Waals surface area (Å²) in [4.78, 5) is 12.2. The zero-order valence-corrected chi connectivity index (χ0v) is 15.2. The van der Waals surface area contributed by atoms with Crippen molar-refractivity contribution in [3.05, 3.63) is 56.6 Å². The van der Waals surface area contributed by atoms with Crippen LogP contribution in [0.15, 0.2) is 42.5 Å². The summed E-state index contributed by atoms with van der Waals surface area (Å²) >= 11 is 7.96. The summed E-state index contributed by atoms with van der Waals surface area (Å²) in [5, 5.41) is 3.22. The van der Waals surface area contributed by atoms with Crippen molar-refractivity contribution in [2.75, 3.05) is 16.3 Å². The molecule has 0 radical (unpaired) electrons. The van der Waals surface area contributed by atoms with Crippen molar-refractivity contribution in [3.63, 3.8) is 0 Å². The van der Waals surface area contributed by atoms with Gasteiger partial charge in [0.2, 0.25) is 10.0 Å². The summed E-state index contributed by atoms with van der Waals surface area (Å²) in [5.74, 6) is -0.282. The summed E-state index contributed by atoms with van der Waals surface area (Å²) in [6, 6.07) is 11.4. The molecule has 0 saturated carbocycles. The van der Waals surface area contributed by atoms with E-state index < -0.39 is 10.0 Å². The molecular formula is C14H12ClIN2O3S. The molecule has 0 aliphatic heterocycles. The fourth-order valence-electron chi connectivity index (χ4n) is 1.71. The third-order valence-corrected chi connectivity index (χ3v) is 4.40. The van der Waals surface area contributed by atoms with Crippen LogP contribution in [0.5, 0.6) is 0 Å². The van der Waals surface area contributed by atoms with E-state index in [1.165, 1.54) is 0 Å². The first kappa shape index (κ1) is 17.0. The average Bonchev–Trinajstić information content (AvgIpc) is 2.42. The van der Waals surface area contributed by atoms with Gasteiger partial charge in [-0.25, -0.2) is 8.42 Å². The molecule has 0 aromatic heterocycles. The molecule has 0 aliphatic carbocycles. The number of amides is 1. The van der Waals surface area contributed by atoms with Gasteiger partial charge in [-0.3, -0.25) is 9.52 Å². The molecule has 2 aromatic carbocycles. The first-order chi connectivity index (χ1) is 10.2. The van der Waals surface area contributed by atoms with Crippen molar-refractivity contribution in [1.82, 2.24) is 0 Å². The van der Waals surface area contributed by atoms with Gasteiger partial charge in [0.05, 0.1) is 11.8 Å². The fraction of sp³-hybridized carbons (Fsp3) is 0.0714. The molecule has 22 heavy (non-hydrogen) atoms. The SMILES string of the molecule is CS(=O)(=O)Nc1ccc(NC(=O)c2cc(Cl)ccc2I)cc1. The summed E-state index contributed by atoms with van der Waals surface area (Å²) < 4.78 is 25.4. The second kappa shape index (κ2) is 6.84. The van der Waals surface area contributed by atoms with Gasteiger partial charge in [0.1, 0.15) is 0 Å². The maximum absolute atomic E-state index is 12.2. The van der Waals surface area contributed by atoms with Crippen LogP contribution in [0.25, 0.3) is 0 Å². The van der Waals surface area contributed by atoms with Gasteiger partial charge in [0.15, 0.2) is 0 Å². The Morgan fingerprint density at radius 3 is 2.27 bits per heavy atom. The first-order valence-electron chi connectivity index (χ1n) is 6.09. The van der Waals surface area contributed by atoms with Crippen molar-refractivity contribution >= 4 is 61.5 Å². The lowest BCUT2D eigenvalue weighted by molar-refractivity contribution is 0.102. The first-order valence-corrected chi connectivity index (χ1v) is 9.44. The van der Waals surface area contributed by atoms with E-state index in [1.807, 2.05) is 0 Å². The van der Waals surface area contributed by atoms with Crippen LogP contribution < -0.4 is 10.0 Å². The van der Waals surface area contributed by atoms with Crippen LogP contribution in [-0.2, 0) is 10.0 Å². The fourth-order valence-corrected chi connectivity index (χ4v) is 3.02. The minimum Gasteiger partial charge on any atom is -0.322 e. The second-order valence-corrected chi connectivity index (χ2v) is 7.88. The number of sulfonamides is 1. The number of anilines is 2. The normalized spacial score (nSPS) is 11.0. The van der Waals surface area contributed by atoms with Crippen LogP contribution in [0.4, 0.5) is 11.4 Å². The number of hydrogen-bond donors (Lipinski definition) is 2. The van der Waals surface area contributed by atoms with E-state index in [4.69, 9.17) is 11.6 Å². The Labute approximate surface area is 147 Å². The molecular weight excluding hydrogens is 439 g/mol. The van der Waals surface area contributed by atoms with Crippen LogP contribution in [-0.4, -0.2) is 20.6 Å². The Kier molecular flexibility index (Phi) is 5.30. The number of rotatable bonds is 4. The van der Waals surface area contributed by atoms with Crippen molar-refractivity contribution in [1.29, 1.82) is 0 Å². The molecule has 0 atom stereocenters. The predicted molar refractivity (Wildman–Crippen MR) is 97.0 cm³/mol. The van der Waals surface area contributed by atoms with E-state index in [0.29, 0.717) is 22.0 Å². The smallest absolute Gasteiger partial charge is 0.256 e. The molecule has 0 unspecified atom stereocenters. The third-order valence-electron chi connectivity index (χ3n) is 2.62. The van der Waals surface area contributed by atoms with Crippen molar-refractivity contribution < 1.29 is 13.2 Å². The molecule has 0 heterocycles. The Morgan fingerprint density at radius 2 is 1.68 bits per heavy atom. The Morgan fingerprint density at radius 1 is 1.09 bits per heavy atom. The third kappa shape index (κ3) is 4.85. The van der Waals surface area contributed by atoms with E-state index in [-0.39, 0.29) is 5.91 Å². The molecule has 2 N–H and O–H groups in total. The van der Waals surface area contributed by atoms with Crippen LogP contribution in [0, 0.1) is 3.57 Å². The lowest BCUT2D eigenvalue weighted by atomic mass is 10.2. The van der Waals surface area contributed by atoms with Gasteiger partial charge < -0.3 is 5.32 Å². The molecule has 5 nitrogen and oxygen atoms in total. The number of hydrogen-bond acceptors (Lipinski definition) is 3. The monoisotopic (exact) mass is 450 g/mol. The lowest BCUT2D eigenvalue weighted by Crippen LogP contribution is -2.13. The van der Waals surface area contributed by atoms with Gasteiger partial charge in [0.25, 0.3) is 5.91 Å². The zero-order valence-electron chi connectivity index (χ0n) is 11.4. The van der Waals surface area contributed by atoms with Gasteiger partial charge in [-0.05, 0) is 65.1 Å².